The maximum Gasteiger partial charge on any atom is 0.315 e. The molecule has 132 valence electrons. The Morgan fingerprint density at radius 2 is 2.00 bits per heavy atom. The lowest BCUT2D eigenvalue weighted by atomic mass is 10.1. The van der Waals surface area contributed by atoms with Gasteiger partial charge in [0.05, 0.1) is 0 Å². The molecule has 2 heterocycles. The summed E-state index contributed by atoms with van der Waals surface area (Å²) in [5, 5.41) is 10.0. The second-order valence-electron chi connectivity index (χ2n) is 6.55. The third-order valence-corrected chi connectivity index (χ3v) is 4.68. The molecule has 6 heteroatoms. The average molecular weight is 347 g/mol. The van der Waals surface area contributed by atoms with Crippen LogP contribution < -0.4 is 10.6 Å². The topological polar surface area (TPSA) is 71.8 Å². The first kappa shape index (κ1) is 16.3. The van der Waals surface area contributed by atoms with Gasteiger partial charge in [-0.2, -0.15) is 5.10 Å². The maximum absolute atomic E-state index is 12.0. The van der Waals surface area contributed by atoms with E-state index in [1.165, 1.54) is 5.56 Å². The zero-order valence-electron chi connectivity index (χ0n) is 14.4. The number of nitrogens with zero attached hydrogens (tertiary/aromatic N) is 3. The highest BCUT2D eigenvalue weighted by Gasteiger charge is 2.37. The van der Waals surface area contributed by atoms with Crippen LogP contribution in [0.4, 0.5) is 4.79 Å². The molecule has 2 aromatic heterocycles. The molecule has 1 aromatic carbocycles. The minimum absolute atomic E-state index is 0.138. The quantitative estimate of drug-likeness (QED) is 0.720. The number of aromatic nitrogens is 3. The van der Waals surface area contributed by atoms with E-state index in [0.29, 0.717) is 24.9 Å². The number of hydrogen-bond donors (Lipinski definition) is 2. The van der Waals surface area contributed by atoms with E-state index in [-0.39, 0.29) is 6.03 Å². The molecule has 1 aliphatic carbocycles. The first-order valence-corrected chi connectivity index (χ1v) is 8.81. The molecule has 0 bridgehead atoms. The van der Waals surface area contributed by atoms with Crippen molar-refractivity contribution in [1.82, 2.24) is 25.4 Å². The molecule has 3 aromatic rings. The van der Waals surface area contributed by atoms with E-state index in [2.05, 4.69) is 45.0 Å². The fraction of sp³-hybridized carbons (Fsp3) is 0.250. The highest BCUT2D eigenvalue weighted by atomic mass is 16.2. The summed E-state index contributed by atoms with van der Waals surface area (Å²) in [7, 11) is 0. The van der Waals surface area contributed by atoms with Crippen LogP contribution in [0.25, 0.3) is 5.82 Å². The molecule has 26 heavy (non-hydrogen) atoms. The number of carbonyl (C=O) groups is 1. The van der Waals surface area contributed by atoms with Crippen LogP contribution in [0, 0.1) is 5.92 Å². The Kier molecular flexibility index (Phi) is 4.64. The summed E-state index contributed by atoms with van der Waals surface area (Å²) in [6, 6.07) is 16.0. The smallest absolute Gasteiger partial charge is 0.315 e. The van der Waals surface area contributed by atoms with Gasteiger partial charge in [0, 0.05) is 31.7 Å². The van der Waals surface area contributed by atoms with Gasteiger partial charge in [0.25, 0.3) is 0 Å². The standard InChI is InChI=1S/C20H21N5O/c26-20(23-14-17-12-18(17)16-5-2-1-3-6-16)22-13-15-7-9-21-19(11-15)25-10-4-8-24-25/h1-11,17-18H,12-14H2,(H2,22,23,26)/t17-,18-/m0/s1. The molecule has 4 rings (SSSR count). The molecule has 2 N–H and O–H groups in total. The first-order chi connectivity index (χ1) is 12.8. The summed E-state index contributed by atoms with van der Waals surface area (Å²) in [6.07, 6.45) is 6.41. The van der Waals surface area contributed by atoms with Crippen molar-refractivity contribution in [2.75, 3.05) is 6.54 Å². The molecule has 1 saturated carbocycles. The van der Waals surface area contributed by atoms with Crippen LogP contribution >= 0.6 is 0 Å². The van der Waals surface area contributed by atoms with Crippen molar-refractivity contribution >= 4 is 6.03 Å². The fourth-order valence-corrected chi connectivity index (χ4v) is 3.15. The molecule has 0 saturated heterocycles. The Bertz CT molecular complexity index is 863. The van der Waals surface area contributed by atoms with E-state index < -0.39 is 0 Å². The van der Waals surface area contributed by atoms with Crippen molar-refractivity contribution in [3.63, 3.8) is 0 Å². The van der Waals surface area contributed by atoms with E-state index in [9.17, 15) is 4.79 Å². The highest BCUT2D eigenvalue weighted by molar-refractivity contribution is 5.73. The van der Waals surface area contributed by atoms with Gasteiger partial charge in [0.2, 0.25) is 0 Å². The third-order valence-electron chi connectivity index (χ3n) is 4.68. The molecular weight excluding hydrogens is 326 g/mol. The number of urea groups is 1. The van der Waals surface area contributed by atoms with Gasteiger partial charge in [0.1, 0.15) is 0 Å². The lowest BCUT2D eigenvalue weighted by Crippen LogP contribution is -2.36. The van der Waals surface area contributed by atoms with E-state index in [0.717, 1.165) is 17.8 Å². The number of benzene rings is 1. The Balaban J connectivity index is 1.23. The molecule has 0 radical (unpaired) electrons. The van der Waals surface area contributed by atoms with Gasteiger partial charge in [-0.25, -0.2) is 14.5 Å². The van der Waals surface area contributed by atoms with Crippen LogP contribution in [0.1, 0.15) is 23.5 Å². The first-order valence-electron chi connectivity index (χ1n) is 8.81. The van der Waals surface area contributed by atoms with Crippen molar-refractivity contribution in [1.29, 1.82) is 0 Å². The third kappa shape index (κ3) is 3.91. The summed E-state index contributed by atoms with van der Waals surface area (Å²) in [4.78, 5) is 16.3. The molecule has 6 nitrogen and oxygen atoms in total. The fourth-order valence-electron chi connectivity index (χ4n) is 3.15. The van der Waals surface area contributed by atoms with Crippen LogP contribution in [-0.4, -0.2) is 27.3 Å². The maximum atomic E-state index is 12.0. The van der Waals surface area contributed by atoms with E-state index in [4.69, 9.17) is 0 Å². The molecule has 1 fully saturated rings. The molecular formula is C20H21N5O. The number of pyridine rings is 1. The summed E-state index contributed by atoms with van der Waals surface area (Å²) >= 11 is 0. The van der Waals surface area contributed by atoms with Gasteiger partial charge >= 0.3 is 6.03 Å². The number of carbonyl (C=O) groups excluding carboxylic acids is 1. The minimum atomic E-state index is -0.138. The largest absolute Gasteiger partial charge is 0.338 e. The van der Waals surface area contributed by atoms with Crippen molar-refractivity contribution in [3.05, 3.63) is 78.2 Å². The highest BCUT2D eigenvalue weighted by Crippen LogP contribution is 2.46. The molecule has 2 atom stereocenters. The molecule has 0 aliphatic heterocycles. The van der Waals surface area contributed by atoms with Gasteiger partial charge < -0.3 is 10.6 Å². The van der Waals surface area contributed by atoms with Gasteiger partial charge in [-0.05, 0) is 47.6 Å². The van der Waals surface area contributed by atoms with Gasteiger partial charge in [-0.3, -0.25) is 0 Å². The monoisotopic (exact) mass is 347 g/mol. The average Bonchev–Trinajstić information content (AvgIpc) is 3.26. The summed E-state index contributed by atoms with van der Waals surface area (Å²) < 4.78 is 1.69. The number of amides is 2. The second kappa shape index (κ2) is 7.39. The molecule has 2 amide bonds. The van der Waals surface area contributed by atoms with Crippen molar-refractivity contribution < 1.29 is 4.79 Å². The Morgan fingerprint density at radius 1 is 1.12 bits per heavy atom. The van der Waals surface area contributed by atoms with Crippen LogP contribution in [0.5, 0.6) is 0 Å². The van der Waals surface area contributed by atoms with Gasteiger partial charge in [-0.15, -0.1) is 0 Å². The van der Waals surface area contributed by atoms with Crippen LogP contribution in [-0.2, 0) is 6.54 Å². The summed E-state index contributed by atoms with van der Waals surface area (Å²) in [5.41, 5.74) is 2.34. The summed E-state index contributed by atoms with van der Waals surface area (Å²) in [6.45, 7) is 1.16. The minimum Gasteiger partial charge on any atom is -0.338 e. The molecule has 1 aliphatic rings. The Morgan fingerprint density at radius 3 is 2.81 bits per heavy atom. The Labute approximate surface area is 152 Å². The van der Waals surface area contributed by atoms with E-state index in [1.54, 1.807) is 17.1 Å². The van der Waals surface area contributed by atoms with Crippen molar-refractivity contribution in [3.8, 4) is 5.82 Å². The number of rotatable bonds is 6. The SMILES string of the molecule is O=C(NCc1ccnc(-n2cccn2)c1)NC[C@@H]1C[C@H]1c1ccccc1. The van der Waals surface area contributed by atoms with E-state index in [1.807, 2.05) is 30.5 Å². The Hall–Kier alpha value is -3.15. The van der Waals surface area contributed by atoms with Crippen molar-refractivity contribution in [2.45, 2.75) is 18.9 Å². The van der Waals surface area contributed by atoms with Crippen LogP contribution in [0.15, 0.2) is 67.1 Å². The molecule has 0 unspecified atom stereocenters. The predicted molar refractivity (Wildman–Crippen MR) is 98.9 cm³/mol. The van der Waals surface area contributed by atoms with E-state index >= 15 is 0 Å². The predicted octanol–water partition coefficient (Wildman–Crippen LogP) is 2.87. The number of nitrogens with one attached hydrogen (secondary N) is 2. The zero-order valence-corrected chi connectivity index (χ0v) is 14.4. The van der Waals surface area contributed by atoms with Gasteiger partial charge in [0.15, 0.2) is 5.82 Å². The summed E-state index contributed by atoms with van der Waals surface area (Å²) in [5.74, 6) is 1.85. The van der Waals surface area contributed by atoms with Gasteiger partial charge in [-0.1, -0.05) is 30.3 Å². The lowest BCUT2D eigenvalue weighted by molar-refractivity contribution is 0.240. The van der Waals surface area contributed by atoms with Crippen LogP contribution in [0.2, 0.25) is 0 Å². The second-order valence-corrected chi connectivity index (χ2v) is 6.55. The molecule has 0 spiro atoms. The number of hydrogen-bond acceptors (Lipinski definition) is 3. The van der Waals surface area contributed by atoms with Crippen molar-refractivity contribution in [2.24, 2.45) is 5.92 Å². The normalized spacial score (nSPS) is 18.3. The lowest BCUT2D eigenvalue weighted by Gasteiger charge is -2.08. The van der Waals surface area contributed by atoms with Crippen LogP contribution in [0.3, 0.4) is 0 Å². The zero-order chi connectivity index (χ0) is 17.8.